The van der Waals surface area contributed by atoms with Crippen LogP contribution in [-0.2, 0) is 7.05 Å². The van der Waals surface area contributed by atoms with Crippen molar-refractivity contribution in [3.05, 3.63) is 11.8 Å². The summed E-state index contributed by atoms with van der Waals surface area (Å²) in [5.41, 5.74) is 1.02. The molecule has 0 amide bonds. The Kier molecular flexibility index (Phi) is 3.17. The zero-order valence-corrected chi connectivity index (χ0v) is 8.43. The molecule has 0 radical (unpaired) electrons. The van der Waals surface area contributed by atoms with Gasteiger partial charge < -0.3 is 5.11 Å². The van der Waals surface area contributed by atoms with E-state index in [1.165, 1.54) is 0 Å². The molecule has 4 heteroatoms. The van der Waals surface area contributed by atoms with E-state index in [4.69, 9.17) is 5.11 Å². The number of hydrogen-bond donors (Lipinski definition) is 1. The predicted molar refractivity (Wildman–Crippen MR) is 50.3 cm³/mol. The highest BCUT2D eigenvalue weighted by Gasteiger charge is 2.03. The summed E-state index contributed by atoms with van der Waals surface area (Å²) in [6.45, 7) is 3.75. The van der Waals surface area contributed by atoms with Crippen LogP contribution in [-0.4, -0.2) is 26.7 Å². The fourth-order valence-corrected chi connectivity index (χ4v) is 1.82. The second-order valence-electron chi connectivity index (χ2n) is 2.91. The third-order valence-corrected chi connectivity index (χ3v) is 2.76. The fourth-order valence-electron chi connectivity index (χ4n) is 0.928. The normalized spacial score (nSPS) is 13.3. The van der Waals surface area contributed by atoms with E-state index >= 15 is 0 Å². The van der Waals surface area contributed by atoms with Crippen LogP contribution in [0.4, 0.5) is 0 Å². The Balaban J connectivity index is 2.57. The second kappa shape index (κ2) is 3.96. The standard InChI is InChI=1S/C8H14N2OS/c1-6-4-8(10(3)9-6)12-5-7(2)11/h4,7,11H,5H2,1-3H3/t7-/m0/s1. The Hall–Kier alpha value is -0.480. The molecule has 1 N–H and O–H groups in total. The van der Waals surface area contributed by atoms with Gasteiger partial charge in [-0.25, -0.2) is 0 Å². The lowest BCUT2D eigenvalue weighted by atomic mass is 10.5. The van der Waals surface area contributed by atoms with E-state index in [0.717, 1.165) is 16.5 Å². The molecule has 1 atom stereocenters. The Labute approximate surface area is 76.8 Å². The van der Waals surface area contributed by atoms with Crippen molar-refractivity contribution in [3.63, 3.8) is 0 Å². The molecular formula is C8H14N2OS. The lowest BCUT2D eigenvalue weighted by molar-refractivity contribution is 0.220. The third-order valence-electron chi connectivity index (χ3n) is 1.43. The highest BCUT2D eigenvalue weighted by Crippen LogP contribution is 2.18. The van der Waals surface area contributed by atoms with Gasteiger partial charge in [0.25, 0.3) is 0 Å². The minimum absolute atomic E-state index is 0.259. The van der Waals surface area contributed by atoms with Gasteiger partial charge in [-0.3, -0.25) is 4.68 Å². The lowest BCUT2D eigenvalue weighted by Crippen LogP contribution is -2.03. The first-order chi connectivity index (χ1) is 5.59. The van der Waals surface area contributed by atoms with Crippen LogP contribution in [0.25, 0.3) is 0 Å². The summed E-state index contributed by atoms with van der Waals surface area (Å²) in [4.78, 5) is 0. The average Bonchev–Trinajstić information content (AvgIpc) is 2.26. The van der Waals surface area contributed by atoms with Gasteiger partial charge >= 0.3 is 0 Å². The van der Waals surface area contributed by atoms with Crippen molar-refractivity contribution >= 4 is 11.8 Å². The molecule has 0 aliphatic heterocycles. The van der Waals surface area contributed by atoms with Crippen molar-refractivity contribution in [1.82, 2.24) is 9.78 Å². The summed E-state index contributed by atoms with van der Waals surface area (Å²) >= 11 is 1.63. The third kappa shape index (κ3) is 2.53. The summed E-state index contributed by atoms with van der Waals surface area (Å²) < 4.78 is 1.84. The number of hydrogen-bond acceptors (Lipinski definition) is 3. The Morgan fingerprint density at radius 2 is 2.42 bits per heavy atom. The quantitative estimate of drug-likeness (QED) is 0.721. The first-order valence-corrected chi connectivity index (χ1v) is 4.89. The largest absolute Gasteiger partial charge is 0.393 e. The van der Waals surface area contributed by atoms with Crippen LogP contribution in [0.1, 0.15) is 12.6 Å². The van der Waals surface area contributed by atoms with Gasteiger partial charge in [0.1, 0.15) is 0 Å². The monoisotopic (exact) mass is 186 g/mol. The highest BCUT2D eigenvalue weighted by atomic mass is 32.2. The van der Waals surface area contributed by atoms with E-state index in [2.05, 4.69) is 5.10 Å². The Morgan fingerprint density at radius 3 is 2.83 bits per heavy atom. The van der Waals surface area contributed by atoms with Gasteiger partial charge in [0, 0.05) is 12.8 Å². The summed E-state index contributed by atoms with van der Waals surface area (Å²) in [5.74, 6) is 0.721. The van der Waals surface area contributed by atoms with Gasteiger partial charge in [-0.15, -0.1) is 11.8 Å². The molecule has 0 aliphatic carbocycles. The van der Waals surface area contributed by atoms with E-state index in [1.807, 2.05) is 24.7 Å². The molecule has 68 valence electrons. The van der Waals surface area contributed by atoms with Gasteiger partial charge in [0.2, 0.25) is 0 Å². The number of aliphatic hydroxyl groups excluding tert-OH is 1. The molecule has 1 rings (SSSR count). The van der Waals surface area contributed by atoms with Crippen LogP contribution < -0.4 is 0 Å². The number of aliphatic hydroxyl groups is 1. The second-order valence-corrected chi connectivity index (χ2v) is 3.95. The molecule has 0 aromatic carbocycles. The molecule has 0 aliphatic rings. The minimum atomic E-state index is -0.259. The van der Waals surface area contributed by atoms with E-state index in [9.17, 15) is 0 Å². The summed E-state index contributed by atoms with van der Waals surface area (Å²) in [5, 5.41) is 14.4. The molecule has 0 saturated heterocycles. The van der Waals surface area contributed by atoms with E-state index in [-0.39, 0.29) is 6.10 Å². The average molecular weight is 186 g/mol. The Bertz CT molecular complexity index is 258. The molecule has 0 bridgehead atoms. The maximum atomic E-state index is 9.06. The molecule has 1 heterocycles. The zero-order chi connectivity index (χ0) is 9.14. The zero-order valence-electron chi connectivity index (χ0n) is 7.61. The molecule has 0 fully saturated rings. The minimum Gasteiger partial charge on any atom is -0.393 e. The van der Waals surface area contributed by atoms with Gasteiger partial charge in [0.15, 0.2) is 0 Å². The van der Waals surface area contributed by atoms with E-state index in [1.54, 1.807) is 18.7 Å². The van der Waals surface area contributed by atoms with Crippen molar-refractivity contribution in [1.29, 1.82) is 0 Å². The van der Waals surface area contributed by atoms with Gasteiger partial charge in [-0.2, -0.15) is 5.10 Å². The van der Waals surface area contributed by atoms with Crippen molar-refractivity contribution in [2.45, 2.75) is 25.0 Å². The van der Waals surface area contributed by atoms with Crippen LogP contribution in [0.15, 0.2) is 11.1 Å². The predicted octanol–water partition coefficient (Wildman–Crippen LogP) is 1.20. The molecule has 3 nitrogen and oxygen atoms in total. The van der Waals surface area contributed by atoms with Gasteiger partial charge in [-0.1, -0.05) is 0 Å². The number of aryl methyl sites for hydroxylation is 2. The SMILES string of the molecule is Cc1cc(SC[C@H](C)O)n(C)n1. The van der Waals surface area contributed by atoms with Crippen molar-refractivity contribution < 1.29 is 5.11 Å². The van der Waals surface area contributed by atoms with Gasteiger partial charge in [0.05, 0.1) is 16.8 Å². The molecule has 0 unspecified atom stereocenters. The van der Waals surface area contributed by atoms with E-state index in [0.29, 0.717) is 0 Å². The van der Waals surface area contributed by atoms with Crippen molar-refractivity contribution in [3.8, 4) is 0 Å². The molecule has 0 saturated carbocycles. The maximum absolute atomic E-state index is 9.06. The number of aromatic nitrogens is 2. The van der Waals surface area contributed by atoms with Gasteiger partial charge in [-0.05, 0) is 19.9 Å². The van der Waals surface area contributed by atoms with Crippen molar-refractivity contribution in [2.24, 2.45) is 7.05 Å². The molecule has 12 heavy (non-hydrogen) atoms. The lowest BCUT2D eigenvalue weighted by Gasteiger charge is -2.02. The topological polar surface area (TPSA) is 38.0 Å². The fraction of sp³-hybridized carbons (Fsp3) is 0.625. The summed E-state index contributed by atoms with van der Waals surface area (Å²) in [6, 6.07) is 2.02. The van der Waals surface area contributed by atoms with E-state index < -0.39 is 0 Å². The smallest absolute Gasteiger partial charge is 0.0940 e. The molecule has 1 aromatic rings. The molecular weight excluding hydrogens is 172 g/mol. The van der Waals surface area contributed by atoms with Crippen LogP contribution in [0.3, 0.4) is 0 Å². The molecule has 0 spiro atoms. The maximum Gasteiger partial charge on any atom is 0.0940 e. The molecule has 1 aromatic heterocycles. The van der Waals surface area contributed by atoms with Crippen LogP contribution in [0.2, 0.25) is 0 Å². The van der Waals surface area contributed by atoms with Crippen LogP contribution in [0, 0.1) is 6.92 Å². The van der Waals surface area contributed by atoms with Crippen molar-refractivity contribution in [2.75, 3.05) is 5.75 Å². The highest BCUT2D eigenvalue weighted by molar-refractivity contribution is 7.99. The summed E-state index contributed by atoms with van der Waals surface area (Å²) in [6.07, 6.45) is -0.259. The number of thioether (sulfide) groups is 1. The number of rotatable bonds is 3. The summed E-state index contributed by atoms with van der Waals surface area (Å²) in [7, 11) is 1.91. The first kappa shape index (κ1) is 9.61. The number of nitrogens with zero attached hydrogens (tertiary/aromatic N) is 2. The van der Waals surface area contributed by atoms with Crippen LogP contribution in [0.5, 0.6) is 0 Å². The first-order valence-electron chi connectivity index (χ1n) is 3.91. The van der Waals surface area contributed by atoms with Crippen LogP contribution >= 0.6 is 11.8 Å². The Morgan fingerprint density at radius 1 is 1.75 bits per heavy atom.